The number of nitrogens with one attached hydrogen (secondary N) is 1. The van der Waals surface area contributed by atoms with Crippen LogP contribution in [0, 0.1) is 11.3 Å². The van der Waals surface area contributed by atoms with E-state index in [-0.39, 0.29) is 0 Å². The molecule has 0 aliphatic carbocycles. The summed E-state index contributed by atoms with van der Waals surface area (Å²) in [6.45, 7) is 0. The van der Waals surface area contributed by atoms with E-state index in [1.54, 1.807) is 6.20 Å². The lowest BCUT2D eigenvalue weighted by atomic mass is 9.96. The van der Waals surface area contributed by atoms with Crippen LogP contribution in [0.25, 0.3) is 21.8 Å². The third kappa shape index (κ3) is 1.48. The maximum absolute atomic E-state index is 8.88. The number of nitrogens with zero attached hydrogens (tertiary/aromatic N) is 2. The van der Waals surface area contributed by atoms with Crippen molar-refractivity contribution in [2.24, 2.45) is 0 Å². The maximum Gasteiger partial charge on any atom is 0.141 e. The third-order valence-corrected chi connectivity index (χ3v) is 3.07. The van der Waals surface area contributed by atoms with Gasteiger partial charge in [0.05, 0.1) is 11.7 Å². The molecule has 3 aromatic rings. The van der Waals surface area contributed by atoms with E-state index in [2.05, 4.69) is 42.1 Å². The van der Waals surface area contributed by atoms with Crippen molar-refractivity contribution in [3.05, 3.63) is 41.7 Å². The first-order chi connectivity index (χ1) is 8.31. The standard InChI is InChI=1S/C13H10BN3/c14-5-8-1-2-12-10(3-8)11-4-9(6-15)16-7-13(11)17-12/h1-4,7,17H,5,14H2. The molecular formula is C13H10BN3. The number of aromatic nitrogens is 2. The molecule has 17 heavy (non-hydrogen) atoms. The largest absolute Gasteiger partial charge is 0.353 e. The molecule has 0 atom stereocenters. The van der Waals surface area contributed by atoms with E-state index >= 15 is 0 Å². The van der Waals surface area contributed by atoms with Crippen LogP contribution in [-0.2, 0) is 6.32 Å². The summed E-state index contributed by atoms with van der Waals surface area (Å²) in [6.07, 6.45) is 2.73. The van der Waals surface area contributed by atoms with Crippen molar-refractivity contribution < 1.29 is 0 Å². The predicted molar refractivity (Wildman–Crippen MR) is 70.6 cm³/mol. The van der Waals surface area contributed by atoms with Gasteiger partial charge in [0, 0.05) is 16.3 Å². The number of benzene rings is 1. The van der Waals surface area contributed by atoms with Gasteiger partial charge in [0.15, 0.2) is 0 Å². The van der Waals surface area contributed by atoms with Gasteiger partial charge in [0.1, 0.15) is 19.6 Å². The average Bonchev–Trinajstić information content (AvgIpc) is 2.75. The summed E-state index contributed by atoms with van der Waals surface area (Å²) < 4.78 is 0. The molecule has 0 amide bonds. The van der Waals surface area contributed by atoms with Crippen LogP contribution in [0.4, 0.5) is 0 Å². The van der Waals surface area contributed by atoms with Gasteiger partial charge in [-0.15, -0.1) is 0 Å². The molecule has 3 nitrogen and oxygen atoms in total. The van der Waals surface area contributed by atoms with E-state index in [0.29, 0.717) is 5.69 Å². The minimum Gasteiger partial charge on any atom is -0.353 e. The Morgan fingerprint density at radius 1 is 1.24 bits per heavy atom. The van der Waals surface area contributed by atoms with Crippen LogP contribution in [0.1, 0.15) is 11.3 Å². The van der Waals surface area contributed by atoms with E-state index in [9.17, 15) is 0 Å². The molecule has 80 valence electrons. The highest BCUT2D eigenvalue weighted by atomic mass is 14.8. The minimum atomic E-state index is 0.459. The third-order valence-electron chi connectivity index (χ3n) is 3.07. The van der Waals surface area contributed by atoms with Gasteiger partial charge in [-0.25, -0.2) is 4.98 Å². The molecule has 2 aromatic heterocycles. The van der Waals surface area contributed by atoms with Gasteiger partial charge in [-0.05, 0) is 18.2 Å². The summed E-state index contributed by atoms with van der Waals surface area (Å²) in [7, 11) is 2.14. The van der Waals surface area contributed by atoms with Crippen molar-refractivity contribution in [1.82, 2.24) is 9.97 Å². The summed E-state index contributed by atoms with van der Waals surface area (Å²) in [4.78, 5) is 7.38. The Hall–Kier alpha value is -2.28. The normalized spacial score (nSPS) is 10.8. The smallest absolute Gasteiger partial charge is 0.141 e. The van der Waals surface area contributed by atoms with Crippen LogP contribution < -0.4 is 0 Å². The lowest BCUT2D eigenvalue weighted by molar-refractivity contribution is 1.28. The Labute approximate surface area is 99.5 Å². The summed E-state index contributed by atoms with van der Waals surface area (Å²) >= 11 is 0. The quantitative estimate of drug-likeness (QED) is 0.633. The number of aromatic amines is 1. The lowest BCUT2D eigenvalue weighted by Crippen LogP contribution is -1.82. The van der Waals surface area contributed by atoms with Gasteiger partial charge in [-0.3, -0.25) is 0 Å². The number of hydrogen-bond acceptors (Lipinski definition) is 2. The predicted octanol–water partition coefficient (Wildman–Crippen LogP) is 1.72. The fraction of sp³-hybridized carbons (Fsp3) is 0.0769. The highest BCUT2D eigenvalue weighted by molar-refractivity contribution is 6.10. The summed E-state index contributed by atoms with van der Waals surface area (Å²) in [6, 6.07) is 10.3. The number of pyridine rings is 1. The molecule has 0 saturated carbocycles. The number of fused-ring (bicyclic) bond motifs is 3. The van der Waals surface area contributed by atoms with Crippen LogP contribution in [0.15, 0.2) is 30.5 Å². The lowest BCUT2D eigenvalue weighted by Gasteiger charge is -1.96. The minimum absolute atomic E-state index is 0.459. The highest BCUT2D eigenvalue weighted by Gasteiger charge is 2.06. The van der Waals surface area contributed by atoms with Crippen molar-refractivity contribution >= 4 is 29.7 Å². The van der Waals surface area contributed by atoms with Crippen molar-refractivity contribution in [2.75, 3.05) is 0 Å². The van der Waals surface area contributed by atoms with Gasteiger partial charge in [0.25, 0.3) is 0 Å². The topological polar surface area (TPSA) is 52.5 Å². The van der Waals surface area contributed by atoms with E-state index in [4.69, 9.17) is 5.26 Å². The fourth-order valence-electron chi connectivity index (χ4n) is 2.13. The van der Waals surface area contributed by atoms with Crippen molar-refractivity contribution in [2.45, 2.75) is 6.32 Å². The Morgan fingerprint density at radius 2 is 2.06 bits per heavy atom. The summed E-state index contributed by atoms with van der Waals surface area (Å²) in [5.41, 5.74) is 3.83. The molecule has 3 rings (SSSR count). The van der Waals surface area contributed by atoms with Crippen LogP contribution in [0.5, 0.6) is 0 Å². The SMILES string of the molecule is BCc1ccc2[nH]c3cnc(C#N)cc3c2c1. The van der Waals surface area contributed by atoms with Crippen LogP contribution in [0.2, 0.25) is 0 Å². The van der Waals surface area contributed by atoms with E-state index in [0.717, 1.165) is 22.7 Å². The molecule has 0 unspecified atom stereocenters. The van der Waals surface area contributed by atoms with Gasteiger partial charge >= 0.3 is 0 Å². The van der Waals surface area contributed by atoms with E-state index < -0.39 is 0 Å². The Balaban J connectivity index is 2.42. The summed E-state index contributed by atoms with van der Waals surface area (Å²) in [5.74, 6) is 0. The number of H-pyrrole nitrogens is 1. The van der Waals surface area contributed by atoms with Crippen LogP contribution in [-0.4, -0.2) is 17.8 Å². The highest BCUT2D eigenvalue weighted by Crippen LogP contribution is 2.26. The first-order valence-corrected chi connectivity index (χ1v) is 5.62. The molecule has 4 heteroatoms. The van der Waals surface area contributed by atoms with E-state index in [1.165, 1.54) is 10.9 Å². The van der Waals surface area contributed by atoms with Crippen molar-refractivity contribution in [1.29, 1.82) is 5.26 Å². The average molecular weight is 219 g/mol. The van der Waals surface area contributed by atoms with Gasteiger partial charge < -0.3 is 4.98 Å². The molecule has 2 heterocycles. The van der Waals surface area contributed by atoms with Crippen molar-refractivity contribution in [3.63, 3.8) is 0 Å². The van der Waals surface area contributed by atoms with Gasteiger partial charge in [0.2, 0.25) is 0 Å². The Kier molecular flexibility index (Phi) is 2.12. The molecule has 0 radical (unpaired) electrons. The second-order valence-corrected chi connectivity index (χ2v) is 4.09. The molecular weight excluding hydrogens is 209 g/mol. The molecule has 0 spiro atoms. The molecule has 1 N–H and O–H groups in total. The second-order valence-electron chi connectivity index (χ2n) is 4.09. The fourth-order valence-corrected chi connectivity index (χ4v) is 2.13. The maximum atomic E-state index is 8.88. The second kappa shape index (κ2) is 3.64. The summed E-state index contributed by atoms with van der Waals surface area (Å²) in [5, 5.41) is 11.1. The van der Waals surface area contributed by atoms with Gasteiger partial charge in [-0.1, -0.05) is 17.9 Å². The van der Waals surface area contributed by atoms with Crippen LogP contribution >= 0.6 is 0 Å². The Bertz CT molecular complexity index is 752. The zero-order valence-electron chi connectivity index (χ0n) is 9.49. The molecule has 0 saturated heterocycles. The number of nitriles is 1. The Morgan fingerprint density at radius 3 is 2.82 bits per heavy atom. The van der Waals surface area contributed by atoms with Crippen molar-refractivity contribution in [3.8, 4) is 6.07 Å². The monoisotopic (exact) mass is 219 g/mol. The number of rotatable bonds is 1. The molecule has 0 bridgehead atoms. The van der Waals surface area contributed by atoms with Crippen LogP contribution in [0.3, 0.4) is 0 Å². The molecule has 0 aliphatic rings. The first-order valence-electron chi connectivity index (χ1n) is 5.62. The molecule has 1 aromatic carbocycles. The molecule has 0 aliphatic heterocycles. The molecule has 0 fully saturated rings. The zero-order chi connectivity index (χ0) is 11.8. The first kappa shape index (κ1) is 9.92. The number of hydrogen-bond donors (Lipinski definition) is 1. The zero-order valence-corrected chi connectivity index (χ0v) is 9.49. The van der Waals surface area contributed by atoms with Gasteiger partial charge in [-0.2, -0.15) is 5.26 Å². The van der Waals surface area contributed by atoms with E-state index in [1.807, 2.05) is 6.07 Å².